The molecule has 0 radical (unpaired) electrons. The van der Waals surface area contributed by atoms with Crippen molar-refractivity contribution in [3.8, 4) is 33.8 Å². The molecule has 0 aliphatic carbocycles. The maximum absolute atomic E-state index is 14.7. The number of aromatic nitrogens is 6. The number of halogens is 2. The number of fused-ring (bicyclic) bond motifs is 1. The summed E-state index contributed by atoms with van der Waals surface area (Å²) in [5.41, 5.74) is 4.84. The fraction of sp³-hybridized carbons (Fsp3) is 0.0833. The van der Waals surface area contributed by atoms with Gasteiger partial charge in [0.1, 0.15) is 22.8 Å². The SMILES string of the molecule is Cc1nc2nc(-c3cncc(-c4ccncc4)c3)nc(-c3ccc(F)cc3F)c2nc1C. The van der Waals surface area contributed by atoms with E-state index in [1.165, 1.54) is 12.1 Å². The third-order valence-corrected chi connectivity index (χ3v) is 5.14. The van der Waals surface area contributed by atoms with Crippen LogP contribution in [0.4, 0.5) is 8.78 Å². The minimum atomic E-state index is -0.736. The maximum Gasteiger partial charge on any atom is 0.182 e. The van der Waals surface area contributed by atoms with E-state index in [0.717, 1.165) is 17.2 Å². The largest absolute Gasteiger partial charge is 0.265 e. The summed E-state index contributed by atoms with van der Waals surface area (Å²) in [7, 11) is 0. The maximum atomic E-state index is 14.7. The summed E-state index contributed by atoms with van der Waals surface area (Å²) >= 11 is 0. The zero-order valence-corrected chi connectivity index (χ0v) is 17.2. The first-order valence-electron chi connectivity index (χ1n) is 9.84. The monoisotopic (exact) mass is 426 g/mol. The molecule has 5 rings (SSSR count). The molecule has 0 amide bonds. The van der Waals surface area contributed by atoms with Crippen molar-refractivity contribution in [2.75, 3.05) is 0 Å². The summed E-state index contributed by atoms with van der Waals surface area (Å²) in [5, 5.41) is 0. The fourth-order valence-corrected chi connectivity index (χ4v) is 3.38. The van der Waals surface area contributed by atoms with Crippen molar-refractivity contribution in [3.05, 3.63) is 84.2 Å². The Balaban J connectivity index is 1.76. The average Bonchev–Trinajstić information content (AvgIpc) is 2.80. The van der Waals surface area contributed by atoms with Gasteiger partial charge in [0.15, 0.2) is 11.5 Å². The minimum absolute atomic E-state index is 0.121. The van der Waals surface area contributed by atoms with E-state index in [4.69, 9.17) is 0 Å². The van der Waals surface area contributed by atoms with E-state index in [1.807, 2.05) is 32.0 Å². The highest BCUT2D eigenvalue weighted by Gasteiger charge is 2.18. The lowest BCUT2D eigenvalue weighted by molar-refractivity contribution is 0.585. The molecule has 156 valence electrons. The highest BCUT2D eigenvalue weighted by molar-refractivity contribution is 5.89. The van der Waals surface area contributed by atoms with Gasteiger partial charge in [0.05, 0.1) is 11.4 Å². The Labute approximate surface area is 182 Å². The molecule has 0 fully saturated rings. The van der Waals surface area contributed by atoms with Crippen LogP contribution in [-0.2, 0) is 0 Å². The van der Waals surface area contributed by atoms with Gasteiger partial charge in [-0.15, -0.1) is 0 Å². The van der Waals surface area contributed by atoms with Gasteiger partial charge in [-0.1, -0.05) is 0 Å². The summed E-state index contributed by atoms with van der Waals surface area (Å²) in [6, 6.07) is 8.99. The first-order chi connectivity index (χ1) is 15.5. The minimum Gasteiger partial charge on any atom is -0.265 e. The summed E-state index contributed by atoms with van der Waals surface area (Å²) < 4.78 is 28.2. The van der Waals surface area contributed by atoms with Crippen molar-refractivity contribution in [1.82, 2.24) is 29.9 Å². The number of hydrogen-bond acceptors (Lipinski definition) is 6. The van der Waals surface area contributed by atoms with E-state index in [-0.39, 0.29) is 11.3 Å². The molecule has 0 spiro atoms. The normalized spacial score (nSPS) is 11.1. The molecule has 1 aromatic carbocycles. The number of hydrogen-bond donors (Lipinski definition) is 0. The number of aryl methyl sites for hydroxylation is 2. The summed E-state index contributed by atoms with van der Waals surface area (Å²) in [6.45, 7) is 3.63. The van der Waals surface area contributed by atoms with Crippen molar-refractivity contribution in [3.63, 3.8) is 0 Å². The Morgan fingerprint density at radius 3 is 2.22 bits per heavy atom. The van der Waals surface area contributed by atoms with Crippen LogP contribution in [0.15, 0.2) is 61.2 Å². The standard InChI is InChI=1S/C24H16F2N6/c1-13-14(2)30-24-22(29-13)21(19-4-3-18(25)10-20(19)26)31-23(32-24)17-9-16(11-28-12-17)15-5-7-27-8-6-15/h3-12H,1-2H3. The second kappa shape index (κ2) is 7.81. The third-order valence-electron chi connectivity index (χ3n) is 5.14. The van der Waals surface area contributed by atoms with E-state index >= 15 is 0 Å². The van der Waals surface area contributed by atoms with E-state index in [9.17, 15) is 8.78 Å². The van der Waals surface area contributed by atoms with Gasteiger partial charge >= 0.3 is 0 Å². The molecule has 4 heterocycles. The van der Waals surface area contributed by atoms with Crippen LogP contribution in [0.1, 0.15) is 11.4 Å². The highest BCUT2D eigenvalue weighted by atomic mass is 19.1. The van der Waals surface area contributed by atoms with Crippen LogP contribution in [0.5, 0.6) is 0 Å². The topological polar surface area (TPSA) is 77.3 Å². The Morgan fingerprint density at radius 1 is 0.688 bits per heavy atom. The molecule has 32 heavy (non-hydrogen) atoms. The quantitative estimate of drug-likeness (QED) is 0.399. The number of rotatable bonds is 3. The highest BCUT2D eigenvalue weighted by Crippen LogP contribution is 2.31. The third kappa shape index (κ3) is 3.56. The zero-order valence-electron chi connectivity index (χ0n) is 17.2. The lowest BCUT2D eigenvalue weighted by atomic mass is 10.1. The van der Waals surface area contributed by atoms with E-state index in [0.29, 0.717) is 33.9 Å². The van der Waals surface area contributed by atoms with Crippen molar-refractivity contribution in [2.24, 2.45) is 0 Å². The van der Waals surface area contributed by atoms with E-state index < -0.39 is 11.6 Å². The van der Waals surface area contributed by atoms with Crippen LogP contribution in [0, 0.1) is 25.5 Å². The van der Waals surface area contributed by atoms with Crippen molar-refractivity contribution in [2.45, 2.75) is 13.8 Å². The van der Waals surface area contributed by atoms with Gasteiger partial charge < -0.3 is 0 Å². The molecular formula is C24H16F2N6. The molecule has 0 saturated heterocycles. The number of nitrogens with zero attached hydrogens (tertiary/aromatic N) is 6. The van der Waals surface area contributed by atoms with Gasteiger partial charge in [-0.3, -0.25) is 9.97 Å². The molecule has 0 atom stereocenters. The van der Waals surface area contributed by atoms with Crippen LogP contribution >= 0.6 is 0 Å². The molecule has 5 aromatic rings. The van der Waals surface area contributed by atoms with Crippen LogP contribution in [-0.4, -0.2) is 29.9 Å². The predicted molar refractivity (Wildman–Crippen MR) is 116 cm³/mol. The second-order valence-electron chi connectivity index (χ2n) is 7.28. The van der Waals surface area contributed by atoms with Crippen LogP contribution < -0.4 is 0 Å². The molecule has 0 aliphatic rings. The van der Waals surface area contributed by atoms with Gasteiger partial charge in [0.25, 0.3) is 0 Å². The van der Waals surface area contributed by atoms with Crippen molar-refractivity contribution >= 4 is 11.2 Å². The molecule has 0 saturated carbocycles. The first kappa shape index (κ1) is 19.7. The van der Waals surface area contributed by atoms with Crippen LogP contribution in [0.3, 0.4) is 0 Å². The lowest BCUT2D eigenvalue weighted by Crippen LogP contribution is -2.03. The molecule has 8 heteroatoms. The Morgan fingerprint density at radius 2 is 1.44 bits per heavy atom. The fourth-order valence-electron chi connectivity index (χ4n) is 3.38. The average molecular weight is 426 g/mol. The summed E-state index contributed by atoms with van der Waals surface area (Å²) in [4.78, 5) is 26.6. The van der Waals surface area contributed by atoms with Crippen LogP contribution in [0.25, 0.3) is 44.9 Å². The van der Waals surface area contributed by atoms with Crippen LogP contribution in [0.2, 0.25) is 0 Å². The zero-order chi connectivity index (χ0) is 22.2. The molecular weight excluding hydrogens is 410 g/mol. The van der Waals surface area contributed by atoms with Gasteiger partial charge in [-0.25, -0.2) is 28.7 Å². The molecule has 0 aliphatic heterocycles. The van der Waals surface area contributed by atoms with E-state index in [2.05, 4.69) is 29.9 Å². The van der Waals surface area contributed by atoms with Gasteiger partial charge in [-0.05, 0) is 49.7 Å². The second-order valence-corrected chi connectivity index (χ2v) is 7.28. The predicted octanol–water partition coefficient (Wildman–Crippen LogP) is 5.11. The smallest absolute Gasteiger partial charge is 0.182 e. The van der Waals surface area contributed by atoms with Gasteiger partial charge in [0.2, 0.25) is 0 Å². The Hall–Kier alpha value is -4.20. The molecule has 4 aromatic heterocycles. The summed E-state index contributed by atoms with van der Waals surface area (Å²) in [5.74, 6) is -1.09. The summed E-state index contributed by atoms with van der Waals surface area (Å²) in [6.07, 6.45) is 6.76. The Bertz CT molecular complexity index is 1470. The first-order valence-corrected chi connectivity index (χ1v) is 9.84. The number of benzene rings is 1. The molecule has 0 unspecified atom stereocenters. The van der Waals surface area contributed by atoms with E-state index in [1.54, 1.807) is 24.8 Å². The Kier molecular flexibility index (Phi) is 4.82. The lowest BCUT2D eigenvalue weighted by Gasteiger charge is -2.11. The number of pyridine rings is 2. The van der Waals surface area contributed by atoms with Crippen molar-refractivity contribution < 1.29 is 8.78 Å². The van der Waals surface area contributed by atoms with Gasteiger partial charge in [0, 0.05) is 47.5 Å². The molecule has 6 nitrogen and oxygen atoms in total. The van der Waals surface area contributed by atoms with Crippen molar-refractivity contribution in [1.29, 1.82) is 0 Å². The molecule has 0 N–H and O–H groups in total. The molecule has 0 bridgehead atoms. The van der Waals surface area contributed by atoms with Gasteiger partial charge in [-0.2, -0.15) is 0 Å².